The van der Waals surface area contributed by atoms with Gasteiger partial charge in [-0.2, -0.15) is 0 Å². The molecule has 0 radical (unpaired) electrons. The lowest BCUT2D eigenvalue weighted by molar-refractivity contribution is -0.385. The highest BCUT2D eigenvalue weighted by Crippen LogP contribution is 2.22. The topological polar surface area (TPSA) is 81.5 Å². The molecule has 1 amide bonds. The van der Waals surface area contributed by atoms with Crippen molar-refractivity contribution in [3.63, 3.8) is 0 Å². The first-order chi connectivity index (χ1) is 11.1. The summed E-state index contributed by atoms with van der Waals surface area (Å²) in [5.74, 6) is -1.31. The number of halogens is 1. The number of rotatable bonds is 5. The number of nitro benzene ring substituents is 1. The Morgan fingerprint density at radius 2 is 1.91 bits per heavy atom. The van der Waals surface area contributed by atoms with E-state index < -0.39 is 10.7 Å². The molecular weight excluding hydrogens is 303 g/mol. The highest BCUT2D eigenvalue weighted by molar-refractivity contribution is 5.77. The molecule has 1 saturated carbocycles. The van der Waals surface area contributed by atoms with Crippen molar-refractivity contribution in [3.8, 4) is 5.75 Å². The summed E-state index contributed by atoms with van der Waals surface area (Å²) in [6.45, 7) is -0.300. The zero-order valence-corrected chi connectivity index (χ0v) is 12.9. The number of carbonyl (C=O) groups excluding carboxylic acids is 1. The maximum Gasteiger partial charge on any atom is 0.272 e. The molecule has 6 nitrogen and oxygen atoms in total. The van der Waals surface area contributed by atoms with Crippen LogP contribution in [0.25, 0.3) is 0 Å². The van der Waals surface area contributed by atoms with E-state index in [0.717, 1.165) is 43.9 Å². The first-order valence-electron chi connectivity index (χ1n) is 7.92. The number of nitrogens with zero attached hydrogens (tertiary/aromatic N) is 1. The summed E-state index contributed by atoms with van der Waals surface area (Å²) in [6.07, 6.45) is 7.75. The lowest BCUT2D eigenvalue weighted by Gasteiger charge is -2.21. The fourth-order valence-corrected chi connectivity index (χ4v) is 2.73. The van der Waals surface area contributed by atoms with E-state index >= 15 is 0 Å². The van der Waals surface area contributed by atoms with Crippen LogP contribution in [0.1, 0.15) is 44.9 Å². The normalized spacial score (nSPS) is 16.2. The first kappa shape index (κ1) is 17.2. The Kier molecular flexibility index (Phi) is 6.31. The third-order valence-corrected chi connectivity index (χ3v) is 3.96. The molecule has 1 aliphatic rings. The van der Waals surface area contributed by atoms with Crippen LogP contribution in [0.2, 0.25) is 0 Å². The Labute approximate surface area is 134 Å². The predicted octanol–water partition coefficient (Wildman–Crippen LogP) is 3.34. The minimum absolute atomic E-state index is 0.146. The van der Waals surface area contributed by atoms with E-state index in [0.29, 0.717) is 0 Å². The lowest BCUT2D eigenvalue weighted by atomic mass is 9.97. The average molecular weight is 324 g/mol. The van der Waals surface area contributed by atoms with Gasteiger partial charge in [-0.05, 0) is 18.9 Å². The van der Waals surface area contributed by atoms with Gasteiger partial charge in [-0.1, -0.05) is 32.1 Å². The van der Waals surface area contributed by atoms with Gasteiger partial charge in [-0.15, -0.1) is 0 Å². The quantitative estimate of drug-likeness (QED) is 0.665. The van der Waals surface area contributed by atoms with Gasteiger partial charge in [0.25, 0.3) is 11.6 Å². The van der Waals surface area contributed by atoms with E-state index in [1.807, 2.05) is 0 Å². The highest BCUT2D eigenvalue weighted by atomic mass is 19.1. The third kappa shape index (κ3) is 5.50. The molecule has 0 heterocycles. The maximum atomic E-state index is 13.7. The summed E-state index contributed by atoms with van der Waals surface area (Å²) in [5, 5.41) is 13.4. The van der Waals surface area contributed by atoms with E-state index in [-0.39, 0.29) is 30.0 Å². The average Bonchev–Trinajstić information content (AvgIpc) is 2.48. The van der Waals surface area contributed by atoms with E-state index in [4.69, 9.17) is 4.74 Å². The van der Waals surface area contributed by atoms with Gasteiger partial charge in [0.1, 0.15) is 0 Å². The molecule has 0 aromatic heterocycles. The Balaban J connectivity index is 1.82. The molecule has 0 bridgehead atoms. The van der Waals surface area contributed by atoms with Gasteiger partial charge in [-0.25, -0.2) is 4.39 Å². The first-order valence-corrected chi connectivity index (χ1v) is 7.92. The van der Waals surface area contributed by atoms with Crippen molar-refractivity contribution in [3.05, 3.63) is 34.1 Å². The highest BCUT2D eigenvalue weighted by Gasteiger charge is 2.16. The van der Waals surface area contributed by atoms with Gasteiger partial charge in [0.05, 0.1) is 11.0 Å². The Bertz CT molecular complexity index is 557. The van der Waals surface area contributed by atoms with Crippen molar-refractivity contribution < 1.29 is 18.8 Å². The number of hydrogen-bond acceptors (Lipinski definition) is 4. The standard InChI is InChI=1S/C16H21FN2O4/c17-14-10-13(19(21)22)8-9-15(14)23-11-16(20)18-12-6-4-2-1-3-5-7-12/h8-10,12H,1-7,11H2,(H,18,20). The molecule has 0 aliphatic heterocycles. The fraction of sp³-hybridized carbons (Fsp3) is 0.562. The Morgan fingerprint density at radius 1 is 1.26 bits per heavy atom. The van der Waals surface area contributed by atoms with Crippen LogP contribution in [0.3, 0.4) is 0 Å². The molecule has 7 heteroatoms. The predicted molar refractivity (Wildman–Crippen MR) is 82.8 cm³/mol. The van der Waals surface area contributed by atoms with Gasteiger partial charge >= 0.3 is 0 Å². The second-order valence-electron chi connectivity index (χ2n) is 5.77. The summed E-state index contributed by atoms with van der Waals surface area (Å²) in [7, 11) is 0. The molecule has 1 aromatic carbocycles. The van der Waals surface area contributed by atoms with Crippen LogP contribution in [0.4, 0.5) is 10.1 Å². The third-order valence-electron chi connectivity index (χ3n) is 3.96. The zero-order chi connectivity index (χ0) is 16.7. The van der Waals surface area contributed by atoms with E-state index in [1.54, 1.807) is 0 Å². The monoisotopic (exact) mass is 324 g/mol. The number of nitrogens with one attached hydrogen (secondary N) is 1. The van der Waals surface area contributed by atoms with Gasteiger partial charge in [-0.3, -0.25) is 14.9 Å². The van der Waals surface area contributed by atoms with Gasteiger partial charge in [0.15, 0.2) is 18.2 Å². The molecule has 126 valence electrons. The van der Waals surface area contributed by atoms with Crippen molar-refractivity contribution in [2.75, 3.05) is 6.61 Å². The molecule has 0 unspecified atom stereocenters. The van der Waals surface area contributed by atoms with Crippen molar-refractivity contribution >= 4 is 11.6 Å². The minimum atomic E-state index is -0.849. The lowest BCUT2D eigenvalue weighted by Crippen LogP contribution is -2.38. The molecule has 23 heavy (non-hydrogen) atoms. The molecule has 1 aliphatic carbocycles. The fourth-order valence-electron chi connectivity index (χ4n) is 2.73. The maximum absolute atomic E-state index is 13.7. The largest absolute Gasteiger partial charge is 0.481 e. The summed E-state index contributed by atoms with van der Waals surface area (Å²) in [4.78, 5) is 21.8. The minimum Gasteiger partial charge on any atom is -0.481 e. The Morgan fingerprint density at radius 3 is 2.52 bits per heavy atom. The molecule has 1 N–H and O–H groups in total. The SMILES string of the molecule is O=C(COc1ccc([N+](=O)[O-])cc1F)NC1CCCCCCC1. The molecule has 0 spiro atoms. The summed E-state index contributed by atoms with van der Waals surface area (Å²) >= 11 is 0. The summed E-state index contributed by atoms with van der Waals surface area (Å²) in [6, 6.07) is 3.23. The number of carbonyl (C=O) groups is 1. The van der Waals surface area contributed by atoms with Gasteiger partial charge in [0, 0.05) is 12.1 Å². The second-order valence-corrected chi connectivity index (χ2v) is 5.77. The molecule has 2 rings (SSSR count). The van der Waals surface area contributed by atoms with Crippen molar-refractivity contribution in [2.45, 2.75) is 51.0 Å². The van der Waals surface area contributed by atoms with Gasteiger partial charge in [0.2, 0.25) is 0 Å². The molecule has 1 aromatic rings. The van der Waals surface area contributed by atoms with Crippen LogP contribution in [-0.2, 0) is 4.79 Å². The van der Waals surface area contributed by atoms with E-state index in [2.05, 4.69) is 5.32 Å². The molecule has 0 saturated heterocycles. The molecule has 0 atom stereocenters. The van der Waals surface area contributed by atoms with Crippen LogP contribution in [0, 0.1) is 15.9 Å². The smallest absolute Gasteiger partial charge is 0.272 e. The number of hydrogen-bond donors (Lipinski definition) is 1. The van der Waals surface area contributed by atoms with Crippen molar-refractivity contribution in [1.82, 2.24) is 5.32 Å². The van der Waals surface area contributed by atoms with E-state index in [9.17, 15) is 19.3 Å². The van der Waals surface area contributed by atoms with Crippen molar-refractivity contribution in [2.24, 2.45) is 0 Å². The van der Waals surface area contributed by atoms with Crippen LogP contribution in [-0.4, -0.2) is 23.5 Å². The van der Waals surface area contributed by atoms with Crippen molar-refractivity contribution in [1.29, 1.82) is 0 Å². The summed E-state index contributed by atoms with van der Waals surface area (Å²) in [5.41, 5.74) is -0.353. The molecule has 1 fully saturated rings. The van der Waals surface area contributed by atoms with Gasteiger partial charge < -0.3 is 10.1 Å². The van der Waals surface area contributed by atoms with Crippen LogP contribution in [0.5, 0.6) is 5.75 Å². The van der Waals surface area contributed by atoms with E-state index in [1.165, 1.54) is 19.3 Å². The number of non-ortho nitro benzene ring substituents is 1. The van der Waals surface area contributed by atoms with Crippen LogP contribution < -0.4 is 10.1 Å². The zero-order valence-electron chi connectivity index (χ0n) is 12.9. The number of benzene rings is 1. The molecular formula is C16H21FN2O4. The number of nitro groups is 1. The van der Waals surface area contributed by atoms with Crippen LogP contribution >= 0.6 is 0 Å². The summed E-state index contributed by atoms with van der Waals surface area (Å²) < 4.78 is 18.8. The van der Waals surface area contributed by atoms with Crippen LogP contribution in [0.15, 0.2) is 18.2 Å². The second kappa shape index (κ2) is 8.45. The number of amides is 1. The Hall–Kier alpha value is -2.18. The number of ether oxygens (including phenoxy) is 1.